The number of halogens is 6. The lowest BCUT2D eigenvalue weighted by atomic mass is 9.57. The molecule has 0 amide bonds. The number of hydrogen-bond donors (Lipinski definition) is 0. The first kappa shape index (κ1) is 39.8. The summed E-state index contributed by atoms with van der Waals surface area (Å²) in [7, 11) is 0. The van der Waals surface area contributed by atoms with Crippen LogP contribution in [-0.4, -0.2) is 80.9 Å². The van der Waals surface area contributed by atoms with E-state index >= 15 is 26.3 Å². The highest BCUT2D eigenvalue weighted by molar-refractivity contribution is 5.14. The second-order valence-corrected chi connectivity index (χ2v) is 18.1. The molecular weight excluding hydrogens is 760 g/mol. The standard InChI is InChI=1S/C37H51F6N3O10/c1-19-7-9-26-21(3)34(36(38,39)40,51-28-32(26)24(19)11-13-30(5,49-28)53-55-32)47-16-15-46-17-23(44-45-46)18-48-35(37(41,42)43)22(4)27-10-8-20(2)25-12-14-31(6)50-29(52-35)33(25,27)56-54-31/h17,19-22,24-29H,7-16,18H2,1-6H3/t19-,20-,21-,22-,24+,25+,26+,27+,28+,29+,30-,31-,32-,33-,34-,35-/m1/s1. The van der Waals surface area contributed by atoms with Crippen molar-refractivity contribution in [1.29, 1.82) is 0 Å². The van der Waals surface area contributed by atoms with Gasteiger partial charge in [-0.3, -0.25) is 0 Å². The van der Waals surface area contributed by atoms with Crippen LogP contribution in [0.5, 0.6) is 0 Å². The fourth-order valence-electron chi connectivity index (χ4n) is 12.0. The molecule has 56 heavy (non-hydrogen) atoms. The minimum absolute atomic E-state index is 0.0000989. The van der Waals surface area contributed by atoms with Gasteiger partial charge < -0.3 is 28.4 Å². The van der Waals surface area contributed by atoms with Crippen molar-refractivity contribution in [1.82, 2.24) is 15.0 Å². The Bertz CT molecular complexity index is 1670. The molecule has 11 rings (SSSR count). The summed E-state index contributed by atoms with van der Waals surface area (Å²) >= 11 is 0. The highest BCUT2D eigenvalue weighted by Gasteiger charge is 2.79. The number of hydrogen-bond acceptors (Lipinski definition) is 12. The largest absolute Gasteiger partial charge is 0.443 e. The van der Waals surface area contributed by atoms with Gasteiger partial charge in [-0.15, -0.1) is 5.10 Å². The van der Waals surface area contributed by atoms with Crippen LogP contribution in [0, 0.1) is 47.3 Å². The number of alkyl halides is 6. The predicted octanol–water partition coefficient (Wildman–Crippen LogP) is 7.09. The van der Waals surface area contributed by atoms with Crippen molar-refractivity contribution in [2.45, 2.75) is 165 Å². The van der Waals surface area contributed by atoms with Gasteiger partial charge in [0, 0.05) is 36.5 Å². The molecule has 1 aromatic heterocycles. The van der Waals surface area contributed by atoms with Crippen LogP contribution in [0.4, 0.5) is 26.3 Å². The third-order valence-corrected chi connectivity index (χ3v) is 15.0. The van der Waals surface area contributed by atoms with Gasteiger partial charge in [-0.1, -0.05) is 32.9 Å². The van der Waals surface area contributed by atoms with E-state index in [9.17, 15) is 0 Å². The zero-order valence-corrected chi connectivity index (χ0v) is 32.3. The number of nitrogens with zero attached hydrogens (tertiary/aromatic N) is 3. The van der Waals surface area contributed by atoms with E-state index in [4.69, 9.17) is 48.0 Å². The molecule has 19 heteroatoms. The van der Waals surface area contributed by atoms with Crippen LogP contribution in [0.3, 0.4) is 0 Å². The van der Waals surface area contributed by atoms with Crippen LogP contribution in [0.15, 0.2) is 6.20 Å². The molecule has 10 aliphatic rings. The molecule has 8 saturated heterocycles. The smallest absolute Gasteiger partial charge is 0.340 e. The summed E-state index contributed by atoms with van der Waals surface area (Å²) in [6, 6.07) is 0. The first-order chi connectivity index (χ1) is 26.2. The number of fused-ring (bicyclic) bond motifs is 4. The van der Waals surface area contributed by atoms with Crippen LogP contribution < -0.4 is 0 Å². The molecule has 2 spiro atoms. The van der Waals surface area contributed by atoms with Gasteiger partial charge in [0.05, 0.1) is 26.0 Å². The summed E-state index contributed by atoms with van der Waals surface area (Å²) in [5.41, 5.74) is -2.49. The second-order valence-electron chi connectivity index (χ2n) is 18.1. The van der Waals surface area contributed by atoms with Crippen LogP contribution in [0.2, 0.25) is 0 Å². The molecule has 2 aliphatic carbocycles. The van der Waals surface area contributed by atoms with E-state index in [1.54, 1.807) is 13.8 Å². The second kappa shape index (κ2) is 12.9. The molecule has 13 nitrogen and oxygen atoms in total. The molecule has 0 aromatic carbocycles. The van der Waals surface area contributed by atoms with Crippen LogP contribution in [0.25, 0.3) is 0 Å². The summed E-state index contributed by atoms with van der Waals surface area (Å²) in [6.07, 6.45) is -7.15. The lowest BCUT2D eigenvalue weighted by Gasteiger charge is -2.62. The molecule has 8 aliphatic heterocycles. The van der Waals surface area contributed by atoms with Crippen molar-refractivity contribution in [3.8, 4) is 0 Å². The molecule has 9 heterocycles. The Morgan fingerprint density at radius 1 is 0.661 bits per heavy atom. The summed E-state index contributed by atoms with van der Waals surface area (Å²) in [5.74, 6) is -12.6. The van der Waals surface area contributed by atoms with Gasteiger partial charge in [-0.25, -0.2) is 24.2 Å². The van der Waals surface area contributed by atoms with Gasteiger partial charge in [-0.2, -0.15) is 26.3 Å². The molecule has 2 saturated carbocycles. The molecule has 1 aromatic rings. The van der Waals surface area contributed by atoms with E-state index in [-0.39, 0.29) is 35.9 Å². The molecule has 0 N–H and O–H groups in total. The summed E-state index contributed by atoms with van der Waals surface area (Å²) in [4.78, 5) is 23.5. The number of ether oxygens (including phenoxy) is 6. The van der Waals surface area contributed by atoms with Gasteiger partial charge >= 0.3 is 12.4 Å². The van der Waals surface area contributed by atoms with Gasteiger partial charge in [0.1, 0.15) is 5.69 Å². The van der Waals surface area contributed by atoms with E-state index < -0.39 is 96.2 Å². The molecule has 16 atom stereocenters. The van der Waals surface area contributed by atoms with E-state index in [2.05, 4.69) is 24.2 Å². The predicted molar refractivity (Wildman–Crippen MR) is 174 cm³/mol. The first-order valence-electron chi connectivity index (χ1n) is 20.0. The Balaban J connectivity index is 0.918. The minimum atomic E-state index is -5.00. The number of rotatable bonds is 7. The van der Waals surface area contributed by atoms with E-state index in [0.717, 1.165) is 0 Å². The Kier molecular flexibility index (Phi) is 9.17. The lowest BCUT2D eigenvalue weighted by Crippen LogP contribution is -2.76. The maximum Gasteiger partial charge on any atom is 0.443 e. The van der Waals surface area contributed by atoms with Crippen molar-refractivity contribution in [2.75, 3.05) is 6.61 Å². The average molecular weight is 812 g/mol. The first-order valence-corrected chi connectivity index (χ1v) is 20.0. The van der Waals surface area contributed by atoms with Gasteiger partial charge in [0.15, 0.2) is 23.8 Å². The maximum atomic E-state index is 15.3. The Hall–Kier alpha value is -1.68. The van der Waals surface area contributed by atoms with Crippen molar-refractivity contribution in [3.63, 3.8) is 0 Å². The minimum Gasteiger partial charge on any atom is -0.340 e. The van der Waals surface area contributed by atoms with Crippen LogP contribution in [-0.2, 0) is 61.1 Å². The quantitative estimate of drug-likeness (QED) is 0.206. The Morgan fingerprint density at radius 2 is 1.14 bits per heavy atom. The van der Waals surface area contributed by atoms with E-state index in [1.165, 1.54) is 24.7 Å². The van der Waals surface area contributed by atoms with Gasteiger partial charge in [-0.05, 0) is 76.0 Å². The zero-order chi connectivity index (χ0) is 39.9. The van der Waals surface area contributed by atoms with Crippen molar-refractivity contribution >= 4 is 0 Å². The van der Waals surface area contributed by atoms with Crippen LogP contribution in [0.1, 0.15) is 98.6 Å². The highest BCUT2D eigenvalue weighted by Crippen LogP contribution is 2.66. The Morgan fingerprint density at radius 3 is 1.62 bits per heavy atom. The fourth-order valence-corrected chi connectivity index (χ4v) is 12.0. The third kappa shape index (κ3) is 5.50. The maximum absolute atomic E-state index is 15.3. The van der Waals surface area contributed by atoms with Gasteiger partial charge in [0.2, 0.25) is 11.6 Å². The lowest BCUT2D eigenvalue weighted by molar-refractivity contribution is -0.599. The molecule has 10 fully saturated rings. The van der Waals surface area contributed by atoms with Crippen LogP contribution >= 0.6 is 0 Å². The van der Waals surface area contributed by atoms with E-state index in [1.807, 2.05) is 0 Å². The topological polar surface area (TPSA) is 123 Å². The summed E-state index contributed by atoms with van der Waals surface area (Å²) in [6.45, 7) is 8.84. The molecule has 4 bridgehead atoms. The number of aromatic nitrogens is 3. The molecule has 0 radical (unpaired) electrons. The molecular formula is C37H51F6N3O10. The highest BCUT2D eigenvalue weighted by atomic mass is 19.4. The summed E-state index contributed by atoms with van der Waals surface area (Å²) < 4.78 is 128. The monoisotopic (exact) mass is 811 g/mol. The van der Waals surface area contributed by atoms with E-state index in [0.29, 0.717) is 51.4 Å². The third-order valence-electron chi connectivity index (χ3n) is 15.0. The summed E-state index contributed by atoms with van der Waals surface area (Å²) in [5, 5.41) is 7.94. The van der Waals surface area contributed by atoms with Crippen molar-refractivity contribution in [3.05, 3.63) is 11.9 Å². The van der Waals surface area contributed by atoms with Gasteiger partial charge in [0.25, 0.3) is 11.6 Å². The molecule has 316 valence electrons. The normalized spacial score (nSPS) is 51.2. The van der Waals surface area contributed by atoms with Crippen molar-refractivity contribution in [2.24, 2.45) is 47.3 Å². The zero-order valence-electron chi connectivity index (χ0n) is 32.3. The van der Waals surface area contributed by atoms with Crippen molar-refractivity contribution < 1.29 is 74.3 Å². The average Bonchev–Trinajstić information content (AvgIpc) is 3.28. The molecule has 0 unspecified atom stereocenters. The SMILES string of the molecule is C[C@@H]1CC[C@H]2[C@@H](C)[C@](OCCn3cc(CO[C@@]4(C(F)(F)F)O[C@@H]5O[C@@]6(C)CC[C@H]7[C@H](C)CC[C@@H]([C@H]4C)[C@@]57OO6)nn3)(C(F)(F)F)O[C@@H]3O[C@@]4(C)CC[C@@H]1[C@]32OO4. The Labute approximate surface area is 320 Å². The fraction of sp³-hybridized carbons (Fsp3) is 0.946.